The molecule has 3 aromatic rings. The lowest BCUT2D eigenvalue weighted by Crippen LogP contribution is -2.39. The Hall–Kier alpha value is -3.36. The van der Waals surface area contributed by atoms with Crippen molar-refractivity contribution in [2.24, 2.45) is 5.10 Å². The molecule has 1 amide bonds. The molecule has 0 heterocycles. The Morgan fingerprint density at radius 1 is 0.912 bits per heavy atom. The van der Waals surface area contributed by atoms with E-state index in [0.29, 0.717) is 10.7 Å². The highest BCUT2D eigenvalue weighted by molar-refractivity contribution is 7.92. The highest BCUT2D eigenvalue weighted by Crippen LogP contribution is 2.24. The molecule has 7 nitrogen and oxygen atoms in total. The zero-order chi connectivity index (χ0) is 24.6. The number of hydrogen-bond donors (Lipinski definition) is 1. The van der Waals surface area contributed by atoms with Crippen LogP contribution in [0, 0.1) is 0 Å². The van der Waals surface area contributed by atoms with E-state index >= 15 is 0 Å². The molecule has 0 aliphatic carbocycles. The van der Waals surface area contributed by atoms with Gasteiger partial charge in [-0.2, -0.15) is 5.10 Å². The van der Waals surface area contributed by atoms with E-state index < -0.39 is 22.5 Å². The number of hydrazone groups is 1. The van der Waals surface area contributed by atoms with Crippen molar-refractivity contribution in [3.8, 4) is 0 Å². The Morgan fingerprint density at radius 2 is 1.53 bits per heavy atom. The summed E-state index contributed by atoms with van der Waals surface area (Å²) in [5, 5.41) is 4.41. The first-order valence-corrected chi connectivity index (χ1v) is 12.7. The van der Waals surface area contributed by atoms with Crippen molar-refractivity contribution < 1.29 is 13.2 Å². The summed E-state index contributed by atoms with van der Waals surface area (Å²) >= 11 is 5.90. The van der Waals surface area contributed by atoms with Crippen LogP contribution in [0.2, 0.25) is 5.02 Å². The Kier molecular flexibility index (Phi) is 8.67. The molecule has 34 heavy (non-hydrogen) atoms. The summed E-state index contributed by atoms with van der Waals surface area (Å²) in [6, 6.07) is 22.0. The molecule has 0 saturated heterocycles. The Labute approximate surface area is 205 Å². The molecule has 178 valence electrons. The summed E-state index contributed by atoms with van der Waals surface area (Å²) in [6.45, 7) is 5.58. The molecule has 0 aliphatic heterocycles. The van der Waals surface area contributed by atoms with Crippen LogP contribution >= 0.6 is 11.6 Å². The quantitative estimate of drug-likeness (QED) is 0.329. The van der Waals surface area contributed by atoms with Crippen LogP contribution in [0.4, 0.5) is 11.4 Å². The smallest absolute Gasteiger partial charge is 0.264 e. The number of halogens is 1. The highest BCUT2D eigenvalue weighted by atomic mass is 35.5. The molecule has 0 radical (unpaired) electrons. The molecule has 3 rings (SSSR count). The molecule has 0 fully saturated rings. The van der Waals surface area contributed by atoms with Crippen LogP contribution in [-0.4, -0.2) is 40.2 Å². The molecular weight excluding hydrogens is 472 g/mol. The fraction of sp³-hybridized carbons (Fsp3) is 0.200. The number of hydrogen-bond acceptors (Lipinski definition) is 5. The van der Waals surface area contributed by atoms with Crippen LogP contribution < -0.4 is 14.6 Å². The second-order valence-corrected chi connectivity index (χ2v) is 9.66. The summed E-state index contributed by atoms with van der Waals surface area (Å²) in [5.74, 6) is -0.572. The molecule has 0 atom stereocenters. The molecule has 0 unspecified atom stereocenters. The lowest BCUT2D eigenvalue weighted by molar-refractivity contribution is -0.119. The third-order valence-corrected chi connectivity index (χ3v) is 7.20. The Balaban J connectivity index is 1.73. The van der Waals surface area contributed by atoms with Crippen LogP contribution in [0.15, 0.2) is 88.9 Å². The SMILES string of the molecule is CCN(CC)c1ccc(/C=N\NC(=O)CN(c2ccccc2)S(=O)(=O)c2ccc(Cl)cc2)cc1. The van der Waals surface area contributed by atoms with E-state index in [1.807, 2.05) is 24.3 Å². The number of nitrogens with zero attached hydrogens (tertiary/aromatic N) is 3. The second kappa shape index (κ2) is 11.7. The van der Waals surface area contributed by atoms with Gasteiger partial charge in [-0.05, 0) is 67.9 Å². The van der Waals surface area contributed by atoms with Crippen LogP contribution in [0.5, 0.6) is 0 Å². The lowest BCUT2D eigenvalue weighted by Gasteiger charge is -2.23. The summed E-state index contributed by atoms with van der Waals surface area (Å²) in [4.78, 5) is 14.9. The van der Waals surface area contributed by atoms with Crippen molar-refractivity contribution in [1.29, 1.82) is 0 Å². The lowest BCUT2D eigenvalue weighted by atomic mass is 10.2. The number of anilines is 2. The van der Waals surface area contributed by atoms with E-state index in [0.717, 1.165) is 28.6 Å². The van der Waals surface area contributed by atoms with Crippen LogP contribution in [0.3, 0.4) is 0 Å². The summed E-state index contributed by atoms with van der Waals surface area (Å²) in [6.07, 6.45) is 1.52. The van der Waals surface area contributed by atoms with Gasteiger partial charge in [0, 0.05) is 23.8 Å². The molecule has 1 N–H and O–H groups in total. The van der Waals surface area contributed by atoms with Crippen molar-refractivity contribution in [3.05, 3.63) is 89.4 Å². The van der Waals surface area contributed by atoms with Crippen molar-refractivity contribution in [2.75, 3.05) is 28.8 Å². The van der Waals surface area contributed by atoms with Gasteiger partial charge in [-0.3, -0.25) is 9.10 Å². The van der Waals surface area contributed by atoms with Gasteiger partial charge >= 0.3 is 0 Å². The first-order valence-electron chi connectivity index (χ1n) is 10.9. The normalized spacial score (nSPS) is 11.4. The number of sulfonamides is 1. The average molecular weight is 499 g/mol. The van der Waals surface area contributed by atoms with Crippen molar-refractivity contribution in [2.45, 2.75) is 18.7 Å². The van der Waals surface area contributed by atoms with Gasteiger partial charge in [-0.25, -0.2) is 13.8 Å². The molecule has 0 bridgehead atoms. The first kappa shape index (κ1) is 25.3. The number of rotatable bonds is 10. The highest BCUT2D eigenvalue weighted by Gasteiger charge is 2.27. The standard InChI is InChI=1S/C25H27ClN4O3S/c1-3-29(4-2)22-14-10-20(11-15-22)18-27-28-25(31)19-30(23-8-6-5-7-9-23)34(32,33)24-16-12-21(26)13-17-24/h5-18H,3-4,19H2,1-2H3,(H,28,31)/b27-18-. The van der Waals surface area contributed by atoms with Gasteiger partial charge in [0.2, 0.25) is 0 Å². The maximum Gasteiger partial charge on any atom is 0.264 e. The van der Waals surface area contributed by atoms with E-state index in [2.05, 4.69) is 29.3 Å². The van der Waals surface area contributed by atoms with Gasteiger partial charge in [-0.15, -0.1) is 0 Å². The molecule has 0 saturated carbocycles. The van der Waals surface area contributed by atoms with Crippen LogP contribution in [-0.2, 0) is 14.8 Å². The number of nitrogens with one attached hydrogen (secondary N) is 1. The van der Waals surface area contributed by atoms with E-state index in [1.54, 1.807) is 30.3 Å². The number of para-hydroxylation sites is 1. The van der Waals surface area contributed by atoms with Crippen LogP contribution in [0.25, 0.3) is 0 Å². The van der Waals surface area contributed by atoms with Crippen molar-refractivity contribution in [1.82, 2.24) is 5.43 Å². The largest absolute Gasteiger partial charge is 0.372 e. The Bertz CT molecular complexity index is 1210. The zero-order valence-corrected chi connectivity index (χ0v) is 20.6. The first-order chi connectivity index (χ1) is 16.3. The van der Waals surface area contributed by atoms with Gasteiger partial charge < -0.3 is 4.90 Å². The topological polar surface area (TPSA) is 82.1 Å². The molecule has 9 heteroatoms. The van der Waals surface area contributed by atoms with Gasteiger partial charge in [0.15, 0.2) is 0 Å². The number of amides is 1. The van der Waals surface area contributed by atoms with E-state index in [9.17, 15) is 13.2 Å². The minimum atomic E-state index is -4.00. The molecular formula is C25H27ClN4O3S. The fourth-order valence-corrected chi connectivity index (χ4v) is 4.89. The molecule has 0 aliphatic rings. The molecule has 3 aromatic carbocycles. The van der Waals surface area contributed by atoms with Crippen molar-refractivity contribution >= 4 is 45.1 Å². The van der Waals surface area contributed by atoms with E-state index in [4.69, 9.17) is 11.6 Å². The van der Waals surface area contributed by atoms with Crippen LogP contribution in [0.1, 0.15) is 19.4 Å². The third-order valence-electron chi connectivity index (χ3n) is 5.16. The van der Waals surface area contributed by atoms with Gasteiger partial charge in [0.05, 0.1) is 16.8 Å². The third kappa shape index (κ3) is 6.36. The maximum atomic E-state index is 13.3. The minimum Gasteiger partial charge on any atom is -0.372 e. The summed E-state index contributed by atoms with van der Waals surface area (Å²) < 4.78 is 27.6. The monoisotopic (exact) mass is 498 g/mol. The molecule has 0 spiro atoms. The van der Waals surface area contributed by atoms with Crippen molar-refractivity contribution in [3.63, 3.8) is 0 Å². The van der Waals surface area contributed by atoms with Gasteiger partial charge in [-0.1, -0.05) is 41.9 Å². The molecule has 0 aromatic heterocycles. The van der Waals surface area contributed by atoms with Gasteiger partial charge in [0.25, 0.3) is 15.9 Å². The van der Waals surface area contributed by atoms with E-state index in [-0.39, 0.29) is 4.90 Å². The summed E-state index contributed by atoms with van der Waals surface area (Å²) in [5.41, 5.74) is 4.70. The summed E-state index contributed by atoms with van der Waals surface area (Å²) in [7, 11) is -4.00. The fourth-order valence-electron chi connectivity index (χ4n) is 3.35. The minimum absolute atomic E-state index is 0.0327. The number of carbonyl (C=O) groups excluding carboxylic acids is 1. The Morgan fingerprint density at radius 3 is 2.12 bits per heavy atom. The predicted molar refractivity (Wildman–Crippen MR) is 138 cm³/mol. The maximum absolute atomic E-state index is 13.3. The number of carbonyl (C=O) groups is 1. The van der Waals surface area contributed by atoms with E-state index in [1.165, 1.54) is 30.5 Å². The average Bonchev–Trinajstić information content (AvgIpc) is 2.85. The van der Waals surface area contributed by atoms with Gasteiger partial charge in [0.1, 0.15) is 6.54 Å². The second-order valence-electron chi connectivity index (χ2n) is 7.36. The number of benzene rings is 3. The predicted octanol–water partition coefficient (Wildman–Crippen LogP) is 4.53. The zero-order valence-electron chi connectivity index (χ0n) is 19.1.